The Morgan fingerprint density at radius 2 is 2.11 bits per heavy atom. The summed E-state index contributed by atoms with van der Waals surface area (Å²) < 4.78 is 37.9. The quantitative estimate of drug-likeness (QED) is 0.680. The fourth-order valence-corrected chi connectivity index (χ4v) is 5.01. The van der Waals surface area contributed by atoms with Gasteiger partial charge >= 0.3 is 0 Å². The number of methoxy groups -OCH3 is 1. The molecule has 0 saturated carbocycles. The van der Waals surface area contributed by atoms with Crippen LogP contribution in [0.5, 0.6) is 5.75 Å². The highest BCUT2D eigenvalue weighted by Gasteiger charge is 2.29. The van der Waals surface area contributed by atoms with Crippen molar-refractivity contribution in [2.45, 2.75) is 30.2 Å². The van der Waals surface area contributed by atoms with Crippen molar-refractivity contribution in [2.24, 2.45) is 0 Å². The molecule has 0 bridgehead atoms. The fourth-order valence-electron chi connectivity index (χ4n) is 3.40. The van der Waals surface area contributed by atoms with Crippen molar-refractivity contribution in [3.8, 4) is 5.75 Å². The molecule has 2 heterocycles. The van der Waals surface area contributed by atoms with E-state index in [9.17, 15) is 13.2 Å². The van der Waals surface area contributed by atoms with Gasteiger partial charge in [0.25, 0.3) is 0 Å². The molecule has 2 aliphatic rings. The lowest BCUT2D eigenvalue weighted by molar-refractivity contribution is -0.121. The van der Waals surface area contributed by atoms with Crippen LogP contribution in [0.4, 0.5) is 0 Å². The topological polar surface area (TPSA) is 97.0 Å². The number of piperidine rings is 1. The predicted molar refractivity (Wildman–Crippen MR) is 108 cm³/mol. The van der Waals surface area contributed by atoms with E-state index >= 15 is 0 Å². The van der Waals surface area contributed by atoms with Crippen LogP contribution in [-0.4, -0.2) is 71.2 Å². The third-order valence-corrected chi connectivity index (χ3v) is 6.76. The summed E-state index contributed by atoms with van der Waals surface area (Å²) in [4.78, 5) is 12.4. The van der Waals surface area contributed by atoms with Gasteiger partial charge in [0.1, 0.15) is 10.6 Å². The molecule has 28 heavy (non-hydrogen) atoms. The predicted octanol–water partition coefficient (Wildman–Crippen LogP) is 0.549. The normalized spacial score (nSPS) is 20.8. The molecule has 2 fully saturated rings. The summed E-state index contributed by atoms with van der Waals surface area (Å²) in [6.45, 7) is 3.12. The molecule has 0 radical (unpaired) electrons. The summed E-state index contributed by atoms with van der Waals surface area (Å²) in [5, 5.41) is 6.27. The van der Waals surface area contributed by atoms with Crippen LogP contribution in [-0.2, 0) is 26.0 Å². The van der Waals surface area contributed by atoms with Crippen LogP contribution in [0.3, 0.4) is 0 Å². The number of halogens is 1. The van der Waals surface area contributed by atoms with Gasteiger partial charge < -0.3 is 20.1 Å². The zero-order chi connectivity index (χ0) is 19.3. The van der Waals surface area contributed by atoms with E-state index in [2.05, 4.69) is 10.6 Å². The number of benzene rings is 1. The Balaban J connectivity index is 0.00000280. The number of nitrogens with one attached hydrogen (secondary N) is 2. The number of hydrogen-bond donors (Lipinski definition) is 2. The zero-order valence-electron chi connectivity index (χ0n) is 16.0. The number of amides is 1. The summed E-state index contributed by atoms with van der Waals surface area (Å²) in [6.07, 6.45) is 2.12. The number of nitrogens with zero attached hydrogens (tertiary/aromatic N) is 1. The number of carbonyl (C=O) groups is 1. The average Bonchev–Trinajstić information content (AvgIpc) is 2.69. The van der Waals surface area contributed by atoms with E-state index in [1.807, 2.05) is 0 Å². The average molecular weight is 434 g/mol. The third kappa shape index (κ3) is 5.57. The molecule has 0 unspecified atom stereocenters. The van der Waals surface area contributed by atoms with E-state index in [1.165, 1.54) is 11.4 Å². The van der Waals surface area contributed by atoms with E-state index in [0.29, 0.717) is 31.9 Å². The number of rotatable bonds is 6. The molecule has 2 aliphatic heterocycles. The van der Waals surface area contributed by atoms with Gasteiger partial charge in [-0.15, -0.1) is 12.4 Å². The fraction of sp³-hybridized carbons (Fsp3) is 0.611. The Bertz CT molecular complexity index is 762. The van der Waals surface area contributed by atoms with Gasteiger partial charge in [0.15, 0.2) is 0 Å². The molecule has 8 nitrogen and oxygen atoms in total. The molecular weight excluding hydrogens is 406 g/mol. The van der Waals surface area contributed by atoms with Crippen LogP contribution in [0.1, 0.15) is 18.4 Å². The van der Waals surface area contributed by atoms with Crippen molar-refractivity contribution in [3.63, 3.8) is 0 Å². The number of morpholine rings is 1. The van der Waals surface area contributed by atoms with Crippen LogP contribution in [0, 0.1) is 0 Å². The van der Waals surface area contributed by atoms with E-state index in [0.717, 1.165) is 25.9 Å². The van der Waals surface area contributed by atoms with Gasteiger partial charge in [-0.05, 0) is 37.1 Å². The smallest absolute Gasteiger partial charge is 0.246 e. The van der Waals surface area contributed by atoms with E-state index in [4.69, 9.17) is 9.47 Å². The van der Waals surface area contributed by atoms with Crippen LogP contribution in [0.25, 0.3) is 0 Å². The highest BCUT2D eigenvalue weighted by molar-refractivity contribution is 7.89. The maximum Gasteiger partial charge on any atom is 0.246 e. The van der Waals surface area contributed by atoms with Crippen molar-refractivity contribution in [1.29, 1.82) is 0 Å². The summed E-state index contributed by atoms with van der Waals surface area (Å²) in [5.74, 6) is 0.172. The second-order valence-electron chi connectivity index (χ2n) is 6.79. The molecule has 0 aliphatic carbocycles. The van der Waals surface area contributed by atoms with Crippen LogP contribution >= 0.6 is 12.4 Å². The van der Waals surface area contributed by atoms with Gasteiger partial charge in [0.05, 0.1) is 26.7 Å². The van der Waals surface area contributed by atoms with Gasteiger partial charge in [0, 0.05) is 25.7 Å². The first-order valence-corrected chi connectivity index (χ1v) is 10.7. The molecular formula is C18H28ClN3O5S. The number of carbonyl (C=O) groups excluding carboxylic acids is 1. The van der Waals surface area contributed by atoms with Crippen molar-refractivity contribution < 1.29 is 22.7 Å². The summed E-state index contributed by atoms with van der Waals surface area (Å²) in [5.41, 5.74) is 0.643. The molecule has 10 heteroatoms. The second kappa shape index (κ2) is 10.4. The van der Waals surface area contributed by atoms with Crippen molar-refractivity contribution >= 4 is 28.3 Å². The number of hydrogen-bond acceptors (Lipinski definition) is 6. The Morgan fingerprint density at radius 1 is 1.36 bits per heavy atom. The Morgan fingerprint density at radius 3 is 2.75 bits per heavy atom. The number of sulfonamides is 1. The summed E-state index contributed by atoms with van der Waals surface area (Å²) in [7, 11) is -2.26. The molecule has 3 rings (SSSR count). The lowest BCUT2D eigenvalue weighted by Crippen LogP contribution is -2.46. The molecule has 0 spiro atoms. The van der Waals surface area contributed by atoms with Gasteiger partial charge in [-0.1, -0.05) is 6.07 Å². The van der Waals surface area contributed by atoms with Crippen LogP contribution in [0.15, 0.2) is 23.1 Å². The molecule has 1 aromatic carbocycles. The SMILES string of the molecule is COc1ccc(CC(=O)N[C@H]2CCCNC2)cc1S(=O)(=O)N1CCOCC1.Cl. The summed E-state index contributed by atoms with van der Waals surface area (Å²) in [6, 6.07) is 5.01. The maximum atomic E-state index is 13.0. The first kappa shape index (κ1) is 22.9. The molecule has 1 atom stereocenters. The highest BCUT2D eigenvalue weighted by atomic mass is 35.5. The number of ether oxygens (including phenoxy) is 2. The Hall–Kier alpha value is -1.39. The maximum absolute atomic E-state index is 13.0. The molecule has 2 N–H and O–H groups in total. The van der Waals surface area contributed by atoms with Crippen molar-refractivity contribution in [2.75, 3.05) is 46.5 Å². The lowest BCUT2D eigenvalue weighted by Gasteiger charge is -2.27. The van der Waals surface area contributed by atoms with Crippen molar-refractivity contribution in [3.05, 3.63) is 23.8 Å². The first-order valence-electron chi connectivity index (χ1n) is 9.25. The van der Waals surface area contributed by atoms with Gasteiger partial charge in [-0.25, -0.2) is 8.42 Å². The first-order chi connectivity index (χ1) is 13.0. The Labute approximate surface area is 172 Å². The van der Waals surface area contributed by atoms with E-state index in [-0.39, 0.29) is 41.4 Å². The minimum absolute atomic E-state index is 0. The van der Waals surface area contributed by atoms with Gasteiger partial charge in [-0.2, -0.15) is 4.31 Å². The van der Waals surface area contributed by atoms with E-state index < -0.39 is 10.0 Å². The minimum Gasteiger partial charge on any atom is -0.495 e. The molecule has 1 amide bonds. The minimum atomic E-state index is -3.70. The third-order valence-electron chi connectivity index (χ3n) is 4.84. The van der Waals surface area contributed by atoms with E-state index in [1.54, 1.807) is 18.2 Å². The van der Waals surface area contributed by atoms with Crippen LogP contribution in [0.2, 0.25) is 0 Å². The second-order valence-corrected chi connectivity index (χ2v) is 8.70. The lowest BCUT2D eigenvalue weighted by atomic mass is 10.1. The monoisotopic (exact) mass is 433 g/mol. The molecule has 2 saturated heterocycles. The summed E-state index contributed by atoms with van der Waals surface area (Å²) >= 11 is 0. The molecule has 1 aromatic rings. The molecule has 158 valence electrons. The largest absolute Gasteiger partial charge is 0.495 e. The standard InChI is InChI=1S/C18H27N3O5S.ClH/c1-25-16-5-4-14(12-18(22)20-15-3-2-6-19-13-15)11-17(16)27(23,24)21-7-9-26-10-8-21;/h4-5,11,15,19H,2-3,6-10,12-13H2,1H3,(H,20,22);1H/t15-;/m0./s1. The van der Waals surface area contributed by atoms with Crippen molar-refractivity contribution in [1.82, 2.24) is 14.9 Å². The molecule has 0 aromatic heterocycles. The van der Waals surface area contributed by atoms with Gasteiger partial charge in [-0.3, -0.25) is 4.79 Å². The van der Waals surface area contributed by atoms with Gasteiger partial charge in [0.2, 0.25) is 15.9 Å². The van der Waals surface area contributed by atoms with Crippen LogP contribution < -0.4 is 15.4 Å². The highest BCUT2D eigenvalue weighted by Crippen LogP contribution is 2.28. The Kier molecular flexibility index (Phi) is 8.51. The zero-order valence-corrected chi connectivity index (χ0v) is 17.6.